The van der Waals surface area contributed by atoms with E-state index in [-0.39, 0.29) is 10.7 Å². The summed E-state index contributed by atoms with van der Waals surface area (Å²) >= 11 is 5.79. The molecule has 0 saturated heterocycles. The van der Waals surface area contributed by atoms with Crippen molar-refractivity contribution in [1.82, 2.24) is 4.98 Å². The van der Waals surface area contributed by atoms with Gasteiger partial charge in [-0.15, -0.1) is 11.3 Å². The fraction of sp³-hybridized carbons (Fsp3) is 0.0455. The van der Waals surface area contributed by atoms with E-state index in [2.05, 4.69) is 20.9 Å². The van der Waals surface area contributed by atoms with Gasteiger partial charge in [-0.1, -0.05) is 45.5 Å². The summed E-state index contributed by atoms with van der Waals surface area (Å²) in [6.45, 7) is 0. The van der Waals surface area contributed by atoms with Crippen LogP contribution in [0.15, 0.2) is 75.8 Å². The van der Waals surface area contributed by atoms with Crippen molar-refractivity contribution >= 4 is 65.6 Å². The number of hydrogen-bond acceptors (Lipinski definition) is 6. The van der Waals surface area contributed by atoms with Gasteiger partial charge in [0, 0.05) is 4.47 Å². The van der Waals surface area contributed by atoms with E-state index in [1.54, 1.807) is 35.7 Å². The van der Waals surface area contributed by atoms with Gasteiger partial charge in [-0.25, -0.2) is 9.37 Å². The molecule has 0 spiro atoms. The van der Waals surface area contributed by atoms with Crippen LogP contribution in [-0.2, 0) is 4.79 Å². The minimum absolute atomic E-state index is 0.00372. The van der Waals surface area contributed by atoms with Gasteiger partial charge in [-0.2, -0.15) is 0 Å². The molecule has 0 bridgehead atoms. The molecule has 5 rings (SSSR count). The summed E-state index contributed by atoms with van der Waals surface area (Å²) in [6, 6.07) is 13.9. The van der Waals surface area contributed by atoms with Gasteiger partial charge in [-0.05, 0) is 47.3 Å². The third kappa shape index (κ3) is 3.38. The van der Waals surface area contributed by atoms with Crippen LogP contribution >= 0.6 is 38.6 Å². The number of carbonyl (C=O) groups excluding carboxylic acids is 2. The molecule has 154 valence electrons. The molecule has 3 heterocycles. The zero-order valence-corrected chi connectivity index (χ0v) is 18.8. The van der Waals surface area contributed by atoms with Gasteiger partial charge in [0.1, 0.15) is 5.82 Å². The van der Waals surface area contributed by atoms with Crippen LogP contribution in [-0.4, -0.2) is 21.8 Å². The largest absolute Gasteiger partial charge is 0.503 e. The highest BCUT2D eigenvalue weighted by Crippen LogP contribution is 2.44. The van der Waals surface area contributed by atoms with Crippen molar-refractivity contribution in [2.75, 3.05) is 4.90 Å². The molecule has 1 unspecified atom stereocenters. The lowest BCUT2D eigenvalue weighted by Crippen LogP contribution is -2.30. The molecule has 0 aliphatic carbocycles. The van der Waals surface area contributed by atoms with Crippen molar-refractivity contribution in [3.63, 3.8) is 0 Å². The number of hydrogen-bond donors (Lipinski definition) is 1. The number of aliphatic hydroxyl groups excluding tert-OH is 1. The summed E-state index contributed by atoms with van der Waals surface area (Å²) in [5, 5.41) is 12.8. The molecule has 1 atom stereocenters. The first-order valence-electron chi connectivity index (χ1n) is 9.10. The van der Waals surface area contributed by atoms with Gasteiger partial charge in [0.25, 0.3) is 5.91 Å². The summed E-state index contributed by atoms with van der Waals surface area (Å²) in [5.74, 6) is -2.15. The Balaban J connectivity index is 1.70. The first kappa shape index (κ1) is 20.0. The standard InChI is InChI=1S/C22H12BrFN2O3S2/c23-12-4-1-3-11(9-12)18-17(19(27)15-5-2-8-30-15)20(28)21(29)26(18)22-25-14-7-6-13(24)10-16(14)31-22/h1-10,18,28H. The van der Waals surface area contributed by atoms with Crippen LogP contribution in [0.5, 0.6) is 0 Å². The summed E-state index contributed by atoms with van der Waals surface area (Å²) in [4.78, 5) is 32.6. The number of anilines is 1. The number of rotatable bonds is 4. The predicted octanol–water partition coefficient (Wildman–Crippen LogP) is 6.04. The van der Waals surface area contributed by atoms with Crippen LogP contribution in [0.4, 0.5) is 9.52 Å². The molecule has 4 aromatic rings. The van der Waals surface area contributed by atoms with Crippen LogP contribution in [0, 0.1) is 5.82 Å². The van der Waals surface area contributed by atoms with Crippen LogP contribution in [0.3, 0.4) is 0 Å². The average molecular weight is 515 g/mol. The summed E-state index contributed by atoms with van der Waals surface area (Å²) in [7, 11) is 0. The van der Waals surface area contributed by atoms with E-state index in [0.717, 1.165) is 15.8 Å². The topological polar surface area (TPSA) is 70.5 Å². The molecule has 9 heteroatoms. The summed E-state index contributed by atoms with van der Waals surface area (Å²) in [5.41, 5.74) is 1.16. The highest BCUT2D eigenvalue weighted by molar-refractivity contribution is 9.10. The molecule has 1 aliphatic rings. The molecule has 2 aromatic heterocycles. The number of ketones is 1. The molecule has 1 aliphatic heterocycles. The Labute approximate surface area is 192 Å². The van der Waals surface area contributed by atoms with Crippen molar-refractivity contribution in [3.05, 3.63) is 92.0 Å². The number of thiazole rings is 1. The van der Waals surface area contributed by atoms with Crippen LogP contribution in [0.1, 0.15) is 21.3 Å². The minimum Gasteiger partial charge on any atom is -0.503 e. The lowest BCUT2D eigenvalue weighted by atomic mass is 9.96. The lowest BCUT2D eigenvalue weighted by Gasteiger charge is -2.24. The van der Waals surface area contributed by atoms with Crippen LogP contribution in [0.25, 0.3) is 10.2 Å². The van der Waals surface area contributed by atoms with Gasteiger partial charge in [0.15, 0.2) is 10.9 Å². The van der Waals surface area contributed by atoms with Crippen LogP contribution < -0.4 is 4.90 Å². The zero-order chi connectivity index (χ0) is 21.7. The van der Waals surface area contributed by atoms with E-state index >= 15 is 0 Å². The number of carbonyl (C=O) groups is 2. The second-order valence-corrected chi connectivity index (χ2v) is 9.68. The molecule has 1 N–H and O–H groups in total. The number of nitrogens with zero attached hydrogens (tertiary/aromatic N) is 2. The first-order valence-corrected chi connectivity index (χ1v) is 11.6. The number of aromatic nitrogens is 1. The zero-order valence-electron chi connectivity index (χ0n) is 15.6. The molecule has 0 saturated carbocycles. The van der Waals surface area contributed by atoms with Crippen molar-refractivity contribution in [3.8, 4) is 0 Å². The molecule has 5 nitrogen and oxygen atoms in total. The van der Waals surface area contributed by atoms with E-state index in [1.807, 2.05) is 6.07 Å². The van der Waals surface area contributed by atoms with E-state index in [9.17, 15) is 19.1 Å². The Kier molecular flexibility index (Phi) is 4.96. The van der Waals surface area contributed by atoms with E-state index in [0.29, 0.717) is 20.7 Å². The third-order valence-electron chi connectivity index (χ3n) is 4.91. The van der Waals surface area contributed by atoms with Gasteiger partial charge < -0.3 is 5.11 Å². The third-order valence-corrected chi connectivity index (χ3v) is 7.29. The quantitative estimate of drug-likeness (QED) is 0.337. The fourth-order valence-corrected chi connectivity index (χ4v) is 5.67. The second kappa shape index (κ2) is 7.67. The summed E-state index contributed by atoms with van der Waals surface area (Å²) in [6.07, 6.45) is 0. The fourth-order valence-electron chi connectivity index (χ4n) is 3.56. The number of fused-ring (bicyclic) bond motifs is 1. The molecular weight excluding hydrogens is 503 g/mol. The molecular formula is C22H12BrFN2O3S2. The second-order valence-electron chi connectivity index (χ2n) is 6.81. The van der Waals surface area contributed by atoms with Gasteiger partial charge >= 0.3 is 0 Å². The van der Waals surface area contributed by atoms with Crippen molar-refractivity contribution in [2.24, 2.45) is 0 Å². The smallest absolute Gasteiger partial charge is 0.296 e. The number of thiophene rings is 1. The Hall–Kier alpha value is -2.88. The normalized spacial score (nSPS) is 16.5. The van der Waals surface area contributed by atoms with E-state index in [1.165, 1.54) is 34.4 Å². The highest BCUT2D eigenvalue weighted by atomic mass is 79.9. The number of benzene rings is 2. The first-order chi connectivity index (χ1) is 14.9. The maximum absolute atomic E-state index is 13.7. The van der Waals surface area contributed by atoms with Crippen molar-refractivity contribution < 1.29 is 19.1 Å². The Bertz CT molecular complexity index is 1380. The molecule has 0 radical (unpaired) electrons. The number of halogens is 2. The number of aliphatic hydroxyl groups is 1. The number of amides is 1. The van der Waals surface area contributed by atoms with Crippen LogP contribution in [0.2, 0.25) is 0 Å². The maximum atomic E-state index is 13.7. The van der Waals surface area contributed by atoms with Crippen molar-refractivity contribution in [2.45, 2.75) is 6.04 Å². The minimum atomic E-state index is -0.870. The number of Topliss-reactive ketones (excluding diaryl/α,β-unsaturated/α-hetero) is 1. The van der Waals surface area contributed by atoms with Gasteiger partial charge in [-0.3, -0.25) is 14.5 Å². The maximum Gasteiger partial charge on any atom is 0.296 e. The molecule has 0 fully saturated rings. The highest BCUT2D eigenvalue weighted by Gasteiger charge is 2.46. The van der Waals surface area contributed by atoms with Crippen molar-refractivity contribution in [1.29, 1.82) is 0 Å². The van der Waals surface area contributed by atoms with Gasteiger partial charge in [0.2, 0.25) is 5.78 Å². The molecule has 1 amide bonds. The van der Waals surface area contributed by atoms with Gasteiger partial charge in [0.05, 0.1) is 26.7 Å². The average Bonchev–Trinajstić information content (AvgIpc) is 3.46. The lowest BCUT2D eigenvalue weighted by molar-refractivity contribution is -0.117. The van der Waals surface area contributed by atoms with E-state index < -0.39 is 29.3 Å². The predicted molar refractivity (Wildman–Crippen MR) is 122 cm³/mol. The molecule has 31 heavy (non-hydrogen) atoms. The monoisotopic (exact) mass is 514 g/mol. The Morgan fingerprint density at radius 3 is 2.74 bits per heavy atom. The Morgan fingerprint density at radius 1 is 1.16 bits per heavy atom. The molecule has 2 aromatic carbocycles. The van der Waals surface area contributed by atoms with E-state index in [4.69, 9.17) is 0 Å². The Morgan fingerprint density at radius 2 is 2.00 bits per heavy atom. The SMILES string of the molecule is O=C(C1=C(O)C(=O)N(c2nc3ccc(F)cc3s2)C1c1cccc(Br)c1)c1cccs1. The summed E-state index contributed by atoms with van der Waals surface area (Å²) < 4.78 is 15.0.